The lowest BCUT2D eigenvalue weighted by Gasteiger charge is -2.33. The molecule has 4 nitrogen and oxygen atoms in total. The van der Waals surface area contributed by atoms with E-state index in [2.05, 4.69) is 27.7 Å². The van der Waals surface area contributed by atoms with E-state index in [-0.39, 0.29) is 11.8 Å². The van der Waals surface area contributed by atoms with Crippen LogP contribution in [-0.2, 0) is 9.59 Å². The smallest absolute Gasteiger partial charge is 0.267 e. The lowest BCUT2D eigenvalue weighted by Crippen LogP contribution is -2.45. The second-order valence-electron chi connectivity index (χ2n) is 7.98. The lowest BCUT2D eigenvalue weighted by molar-refractivity contribution is -0.149. The summed E-state index contributed by atoms with van der Waals surface area (Å²) < 4.78 is 0. The summed E-state index contributed by atoms with van der Waals surface area (Å²) in [5.74, 6) is 0.744. The molecular formula is C22H40N2O2. The Morgan fingerprint density at radius 3 is 1.42 bits per heavy atom. The first-order chi connectivity index (χ1) is 12.4. The highest BCUT2D eigenvalue weighted by Gasteiger charge is 2.42. The molecule has 2 amide bonds. The zero-order valence-electron chi connectivity index (χ0n) is 17.9. The molecule has 1 saturated heterocycles. The van der Waals surface area contributed by atoms with Gasteiger partial charge in [-0.1, -0.05) is 71.8 Å². The van der Waals surface area contributed by atoms with Crippen LogP contribution in [0.5, 0.6) is 0 Å². The van der Waals surface area contributed by atoms with Gasteiger partial charge in [-0.15, -0.1) is 0 Å². The van der Waals surface area contributed by atoms with Gasteiger partial charge in [0.05, 0.1) is 0 Å². The number of carbonyl (C=O) groups excluding carboxylic acids is 2. The molecule has 0 saturated carbocycles. The average Bonchev–Trinajstić information content (AvgIpc) is 2.85. The van der Waals surface area contributed by atoms with E-state index in [1.165, 1.54) is 25.7 Å². The molecule has 1 rings (SSSR count). The Balaban J connectivity index is 3.01. The zero-order valence-corrected chi connectivity index (χ0v) is 17.9. The SMILES string of the molecule is CCCCC(CC)CN1C(=O)C(=C(C)C)C(=O)N1CC(CC)CCCC. The van der Waals surface area contributed by atoms with Crippen molar-refractivity contribution in [1.29, 1.82) is 0 Å². The van der Waals surface area contributed by atoms with Gasteiger partial charge in [0.15, 0.2) is 0 Å². The minimum absolute atomic E-state index is 0.0877. The molecule has 0 bridgehead atoms. The Bertz CT molecular complexity index is 456. The predicted octanol–water partition coefficient (Wildman–Crippen LogP) is 5.34. The van der Waals surface area contributed by atoms with E-state index in [0.717, 1.165) is 31.3 Å². The van der Waals surface area contributed by atoms with E-state index in [1.54, 1.807) is 10.0 Å². The van der Waals surface area contributed by atoms with Crippen LogP contribution >= 0.6 is 0 Å². The molecule has 1 fully saturated rings. The summed E-state index contributed by atoms with van der Waals surface area (Å²) in [5, 5.41) is 3.53. The molecule has 4 heteroatoms. The highest BCUT2D eigenvalue weighted by molar-refractivity contribution is 6.22. The Morgan fingerprint density at radius 1 is 0.769 bits per heavy atom. The van der Waals surface area contributed by atoms with E-state index in [0.29, 0.717) is 30.5 Å². The molecule has 0 N–H and O–H groups in total. The molecule has 0 aromatic heterocycles. The standard InChI is InChI=1S/C22H40N2O2/c1-7-11-13-18(9-3)15-23-21(25)20(17(5)6)22(26)24(23)16-19(10-4)14-12-8-2/h18-19H,7-16H2,1-6H3. The number of nitrogens with zero attached hydrogens (tertiary/aromatic N) is 2. The highest BCUT2D eigenvalue weighted by atomic mass is 16.2. The van der Waals surface area contributed by atoms with Crippen molar-refractivity contribution in [2.75, 3.05) is 13.1 Å². The van der Waals surface area contributed by atoms with Crippen molar-refractivity contribution in [2.24, 2.45) is 11.8 Å². The van der Waals surface area contributed by atoms with Crippen LogP contribution in [-0.4, -0.2) is 34.9 Å². The van der Waals surface area contributed by atoms with Crippen LogP contribution in [0.25, 0.3) is 0 Å². The molecular weight excluding hydrogens is 324 g/mol. The topological polar surface area (TPSA) is 40.6 Å². The van der Waals surface area contributed by atoms with Gasteiger partial charge < -0.3 is 0 Å². The molecule has 1 aliphatic rings. The quantitative estimate of drug-likeness (QED) is 0.346. The third-order valence-electron chi connectivity index (χ3n) is 5.64. The van der Waals surface area contributed by atoms with Gasteiger partial charge in [0.2, 0.25) is 0 Å². The number of hydrazine groups is 1. The average molecular weight is 365 g/mol. The third-order valence-corrected chi connectivity index (χ3v) is 5.64. The van der Waals surface area contributed by atoms with Crippen molar-refractivity contribution in [3.05, 3.63) is 11.1 Å². The van der Waals surface area contributed by atoms with Crippen molar-refractivity contribution in [3.63, 3.8) is 0 Å². The molecule has 0 spiro atoms. The van der Waals surface area contributed by atoms with E-state index < -0.39 is 0 Å². The van der Waals surface area contributed by atoms with Crippen molar-refractivity contribution < 1.29 is 9.59 Å². The lowest BCUT2D eigenvalue weighted by atomic mass is 9.98. The largest absolute Gasteiger partial charge is 0.278 e. The maximum absolute atomic E-state index is 13.0. The number of carbonyl (C=O) groups is 2. The van der Waals surface area contributed by atoms with Gasteiger partial charge in [-0.2, -0.15) is 0 Å². The summed E-state index contributed by atoms with van der Waals surface area (Å²) in [6.45, 7) is 13.8. The number of hydrogen-bond donors (Lipinski definition) is 0. The molecule has 26 heavy (non-hydrogen) atoms. The van der Waals surface area contributed by atoms with E-state index in [1.807, 2.05) is 13.8 Å². The van der Waals surface area contributed by atoms with Crippen LogP contribution in [0.1, 0.15) is 92.9 Å². The van der Waals surface area contributed by atoms with Crippen molar-refractivity contribution >= 4 is 11.8 Å². The molecule has 0 aromatic carbocycles. The molecule has 1 aliphatic heterocycles. The van der Waals surface area contributed by atoms with Crippen molar-refractivity contribution in [3.8, 4) is 0 Å². The maximum atomic E-state index is 13.0. The van der Waals surface area contributed by atoms with E-state index in [9.17, 15) is 9.59 Å². The summed E-state index contributed by atoms with van der Waals surface area (Å²) >= 11 is 0. The van der Waals surface area contributed by atoms with Crippen molar-refractivity contribution in [2.45, 2.75) is 92.9 Å². The highest BCUT2D eigenvalue weighted by Crippen LogP contribution is 2.28. The van der Waals surface area contributed by atoms with E-state index >= 15 is 0 Å². The predicted molar refractivity (Wildman–Crippen MR) is 108 cm³/mol. The first kappa shape index (κ1) is 22.7. The number of hydrogen-bond acceptors (Lipinski definition) is 2. The van der Waals surface area contributed by atoms with Gasteiger partial charge in [-0.25, -0.2) is 10.0 Å². The van der Waals surface area contributed by atoms with Gasteiger partial charge in [-0.05, 0) is 38.5 Å². The molecule has 2 atom stereocenters. The number of unbranched alkanes of at least 4 members (excludes halogenated alkanes) is 2. The van der Waals surface area contributed by atoms with Crippen LogP contribution in [0, 0.1) is 11.8 Å². The third kappa shape index (κ3) is 5.85. The van der Waals surface area contributed by atoms with Crippen LogP contribution in [0.3, 0.4) is 0 Å². The van der Waals surface area contributed by atoms with Gasteiger partial charge in [-0.3, -0.25) is 9.59 Å². The van der Waals surface area contributed by atoms with Crippen LogP contribution in [0.2, 0.25) is 0 Å². The Kier molecular flexibility index (Phi) is 9.97. The molecule has 2 unspecified atom stereocenters. The van der Waals surface area contributed by atoms with Crippen LogP contribution < -0.4 is 0 Å². The first-order valence-corrected chi connectivity index (χ1v) is 10.7. The summed E-state index contributed by atoms with van der Waals surface area (Å²) in [5.41, 5.74) is 1.22. The minimum atomic E-state index is -0.0877. The summed E-state index contributed by atoms with van der Waals surface area (Å²) in [6, 6.07) is 0. The molecule has 0 aromatic rings. The molecule has 0 radical (unpaired) electrons. The summed E-state index contributed by atoms with van der Waals surface area (Å²) in [6.07, 6.45) is 9.02. The van der Waals surface area contributed by atoms with Gasteiger partial charge in [0.25, 0.3) is 11.8 Å². The molecule has 0 aliphatic carbocycles. The van der Waals surface area contributed by atoms with E-state index in [4.69, 9.17) is 0 Å². The molecule has 150 valence electrons. The number of amides is 2. The second-order valence-corrected chi connectivity index (χ2v) is 7.98. The summed E-state index contributed by atoms with van der Waals surface area (Å²) in [4.78, 5) is 26.0. The van der Waals surface area contributed by atoms with Gasteiger partial charge in [0, 0.05) is 13.1 Å². The fourth-order valence-electron chi connectivity index (χ4n) is 3.68. The Labute approximate surface area is 161 Å². The number of rotatable bonds is 12. The van der Waals surface area contributed by atoms with Crippen LogP contribution in [0.15, 0.2) is 11.1 Å². The Morgan fingerprint density at radius 2 is 1.15 bits per heavy atom. The second kappa shape index (κ2) is 11.4. The fourth-order valence-corrected chi connectivity index (χ4v) is 3.68. The minimum Gasteiger partial charge on any atom is -0.267 e. The zero-order chi connectivity index (χ0) is 19.7. The summed E-state index contributed by atoms with van der Waals surface area (Å²) in [7, 11) is 0. The molecule has 1 heterocycles. The van der Waals surface area contributed by atoms with Crippen molar-refractivity contribution in [1.82, 2.24) is 10.0 Å². The maximum Gasteiger partial charge on any atom is 0.278 e. The first-order valence-electron chi connectivity index (χ1n) is 10.7. The fraction of sp³-hybridized carbons (Fsp3) is 0.818. The van der Waals surface area contributed by atoms with Gasteiger partial charge in [0.1, 0.15) is 5.57 Å². The Hall–Kier alpha value is -1.32. The van der Waals surface area contributed by atoms with Crippen LogP contribution in [0.4, 0.5) is 0 Å². The van der Waals surface area contributed by atoms with Gasteiger partial charge >= 0.3 is 0 Å². The monoisotopic (exact) mass is 364 g/mol. The normalized spacial score (nSPS) is 17.2. The number of allylic oxidation sites excluding steroid dienone is 1.